The van der Waals surface area contributed by atoms with Crippen LogP contribution in [0.5, 0.6) is 0 Å². The molecule has 0 saturated carbocycles. The molecule has 2 saturated heterocycles. The van der Waals surface area contributed by atoms with E-state index in [0.717, 1.165) is 43.5 Å². The lowest BCUT2D eigenvalue weighted by Gasteiger charge is -2.32. The van der Waals surface area contributed by atoms with Crippen LogP contribution in [0, 0.1) is 10.1 Å². The summed E-state index contributed by atoms with van der Waals surface area (Å²) in [5.41, 5.74) is 2.08. The molecule has 1 atom stereocenters. The van der Waals surface area contributed by atoms with Crippen LogP contribution < -0.4 is 5.32 Å². The molecule has 114 valence electrons. The second-order valence-corrected chi connectivity index (χ2v) is 5.57. The van der Waals surface area contributed by atoms with Crippen molar-refractivity contribution in [2.75, 3.05) is 19.7 Å². The van der Waals surface area contributed by atoms with Gasteiger partial charge in [-0.2, -0.15) is 0 Å². The topological polar surface area (TPSA) is 73.6 Å². The molecule has 1 aromatic rings. The number of non-ortho nitro benzene ring substituents is 1. The van der Waals surface area contributed by atoms with Crippen molar-refractivity contribution in [2.45, 2.75) is 38.1 Å². The zero-order valence-corrected chi connectivity index (χ0v) is 12.1. The minimum atomic E-state index is -0.508. The van der Waals surface area contributed by atoms with Crippen molar-refractivity contribution in [3.05, 3.63) is 39.4 Å². The van der Waals surface area contributed by atoms with Crippen molar-refractivity contribution in [1.29, 1.82) is 0 Å². The first kappa shape index (κ1) is 14.4. The number of hydrogen-bond acceptors (Lipinski definition) is 5. The number of ether oxygens (including phenoxy) is 2. The van der Waals surface area contributed by atoms with Crippen LogP contribution in [0.3, 0.4) is 0 Å². The van der Waals surface area contributed by atoms with Gasteiger partial charge in [0.25, 0.3) is 5.69 Å². The third-order valence-electron chi connectivity index (χ3n) is 4.29. The number of nitrogens with zero attached hydrogens (tertiary/aromatic N) is 1. The zero-order chi connectivity index (χ0) is 14.9. The van der Waals surface area contributed by atoms with Crippen LogP contribution >= 0.6 is 0 Å². The Labute approximate surface area is 123 Å². The van der Waals surface area contributed by atoms with Crippen molar-refractivity contribution >= 4 is 5.69 Å². The van der Waals surface area contributed by atoms with Crippen LogP contribution in [0.4, 0.5) is 5.69 Å². The molecule has 1 N–H and O–H groups in total. The predicted octanol–water partition coefficient (Wildman–Crippen LogP) is 2.32. The number of hydrogen-bond donors (Lipinski definition) is 1. The lowest BCUT2D eigenvalue weighted by molar-refractivity contribution is -0.385. The predicted molar refractivity (Wildman–Crippen MR) is 77.1 cm³/mol. The van der Waals surface area contributed by atoms with Gasteiger partial charge in [-0.3, -0.25) is 10.1 Å². The molecule has 2 fully saturated rings. The van der Waals surface area contributed by atoms with E-state index in [1.165, 1.54) is 0 Å². The lowest BCUT2D eigenvalue weighted by Crippen LogP contribution is -2.42. The van der Waals surface area contributed by atoms with Gasteiger partial charge in [-0.15, -0.1) is 0 Å². The van der Waals surface area contributed by atoms with E-state index in [1.807, 2.05) is 13.0 Å². The fraction of sp³-hybridized carbons (Fsp3) is 0.600. The average molecular weight is 292 g/mol. The summed E-state index contributed by atoms with van der Waals surface area (Å²) >= 11 is 0. The highest BCUT2D eigenvalue weighted by molar-refractivity contribution is 5.41. The van der Waals surface area contributed by atoms with Gasteiger partial charge < -0.3 is 14.8 Å². The van der Waals surface area contributed by atoms with Gasteiger partial charge in [-0.05, 0) is 17.5 Å². The van der Waals surface area contributed by atoms with Crippen LogP contribution in [0.25, 0.3) is 0 Å². The number of nitrogens with one attached hydrogen (secondary N) is 1. The van der Waals surface area contributed by atoms with Gasteiger partial charge in [0.1, 0.15) is 6.10 Å². The third kappa shape index (κ3) is 2.79. The maximum Gasteiger partial charge on any atom is 0.269 e. The van der Waals surface area contributed by atoms with Gasteiger partial charge in [0.2, 0.25) is 0 Å². The van der Waals surface area contributed by atoms with Crippen LogP contribution in [0.2, 0.25) is 0 Å². The number of benzene rings is 1. The highest BCUT2D eigenvalue weighted by Crippen LogP contribution is 2.40. The number of rotatable bonds is 3. The first-order valence-corrected chi connectivity index (χ1v) is 7.43. The van der Waals surface area contributed by atoms with Crippen LogP contribution in [-0.2, 0) is 15.9 Å². The molecule has 1 spiro atoms. The molecule has 0 amide bonds. The zero-order valence-electron chi connectivity index (χ0n) is 12.1. The van der Waals surface area contributed by atoms with E-state index in [1.54, 1.807) is 12.1 Å². The van der Waals surface area contributed by atoms with Crippen molar-refractivity contribution in [1.82, 2.24) is 5.32 Å². The molecule has 21 heavy (non-hydrogen) atoms. The summed E-state index contributed by atoms with van der Waals surface area (Å²) in [5.74, 6) is -0.508. The molecule has 6 nitrogen and oxygen atoms in total. The molecule has 0 aromatic heterocycles. The normalized spacial score (nSPS) is 24.3. The van der Waals surface area contributed by atoms with Crippen molar-refractivity contribution in [3.8, 4) is 0 Å². The largest absolute Gasteiger partial charge is 0.347 e. The Kier molecular flexibility index (Phi) is 3.93. The van der Waals surface area contributed by atoms with Gasteiger partial charge in [-0.1, -0.05) is 13.0 Å². The van der Waals surface area contributed by atoms with Crippen LogP contribution in [0.15, 0.2) is 18.2 Å². The van der Waals surface area contributed by atoms with Crippen molar-refractivity contribution in [3.63, 3.8) is 0 Å². The highest BCUT2D eigenvalue weighted by Gasteiger charge is 2.43. The molecular weight excluding hydrogens is 272 g/mol. The summed E-state index contributed by atoms with van der Waals surface area (Å²) in [6.07, 6.45) is 2.25. The van der Waals surface area contributed by atoms with Gasteiger partial charge in [0, 0.05) is 38.1 Å². The minimum absolute atomic E-state index is 0.108. The van der Waals surface area contributed by atoms with E-state index in [4.69, 9.17) is 9.47 Å². The Morgan fingerprint density at radius 1 is 1.43 bits per heavy atom. The van der Waals surface area contributed by atoms with Gasteiger partial charge in [0.05, 0.1) is 11.5 Å². The monoisotopic (exact) mass is 292 g/mol. The highest BCUT2D eigenvalue weighted by atomic mass is 16.7. The summed E-state index contributed by atoms with van der Waals surface area (Å²) in [6.45, 7) is 4.26. The molecule has 2 heterocycles. The molecule has 2 aliphatic rings. The van der Waals surface area contributed by atoms with Crippen LogP contribution in [0.1, 0.15) is 37.0 Å². The molecule has 3 rings (SSSR count). The Morgan fingerprint density at radius 3 is 2.86 bits per heavy atom. The molecule has 0 bridgehead atoms. The first-order valence-electron chi connectivity index (χ1n) is 7.43. The minimum Gasteiger partial charge on any atom is -0.347 e. The smallest absolute Gasteiger partial charge is 0.269 e. The van der Waals surface area contributed by atoms with E-state index < -0.39 is 5.79 Å². The third-order valence-corrected chi connectivity index (χ3v) is 4.29. The molecule has 2 aliphatic heterocycles. The molecule has 0 aliphatic carbocycles. The lowest BCUT2D eigenvalue weighted by atomic mass is 9.99. The number of nitro groups is 1. The van der Waals surface area contributed by atoms with Gasteiger partial charge in [-0.25, -0.2) is 0 Å². The van der Waals surface area contributed by atoms with E-state index in [0.29, 0.717) is 6.61 Å². The Hall–Kier alpha value is -1.50. The summed E-state index contributed by atoms with van der Waals surface area (Å²) in [7, 11) is 0. The Morgan fingerprint density at radius 2 is 2.19 bits per heavy atom. The summed E-state index contributed by atoms with van der Waals surface area (Å²) in [6, 6.07) is 5.01. The summed E-state index contributed by atoms with van der Waals surface area (Å²) in [5, 5.41) is 14.3. The van der Waals surface area contributed by atoms with E-state index in [-0.39, 0.29) is 16.7 Å². The van der Waals surface area contributed by atoms with Crippen LogP contribution in [-0.4, -0.2) is 30.4 Å². The molecule has 1 aromatic carbocycles. The van der Waals surface area contributed by atoms with Gasteiger partial charge >= 0.3 is 0 Å². The summed E-state index contributed by atoms with van der Waals surface area (Å²) in [4.78, 5) is 10.6. The maximum absolute atomic E-state index is 11.0. The quantitative estimate of drug-likeness (QED) is 0.683. The van der Waals surface area contributed by atoms with E-state index in [9.17, 15) is 10.1 Å². The fourth-order valence-corrected chi connectivity index (χ4v) is 3.10. The molecule has 0 radical (unpaired) electrons. The average Bonchev–Trinajstić information content (AvgIpc) is 2.90. The van der Waals surface area contributed by atoms with Crippen molar-refractivity contribution < 1.29 is 14.4 Å². The molecule has 1 unspecified atom stereocenters. The van der Waals surface area contributed by atoms with Crippen molar-refractivity contribution in [2.24, 2.45) is 0 Å². The fourth-order valence-electron chi connectivity index (χ4n) is 3.10. The van der Waals surface area contributed by atoms with E-state index >= 15 is 0 Å². The Balaban J connectivity index is 1.86. The second kappa shape index (κ2) is 5.71. The van der Waals surface area contributed by atoms with E-state index in [2.05, 4.69) is 5.32 Å². The SMILES string of the molecule is CCc1ccc([N+](=O)[O-])cc1C1COC2(CCNCC2)O1. The molecule has 6 heteroatoms. The Bertz CT molecular complexity index is 540. The number of piperidine rings is 1. The number of aryl methyl sites for hydroxylation is 1. The summed E-state index contributed by atoms with van der Waals surface area (Å²) < 4.78 is 12.1. The second-order valence-electron chi connectivity index (χ2n) is 5.57. The first-order chi connectivity index (χ1) is 10.1. The number of nitro benzene ring substituents is 1. The van der Waals surface area contributed by atoms with Gasteiger partial charge in [0.15, 0.2) is 5.79 Å². The maximum atomic E-state index is 11.0. The molecular formula is C15H20N2O4. The standard InChI is InChI=1S/C15H20N2O4/c1-2-11-3-4-12(17(18)19)9-13(11)14-10-20-15(21-14)5-7-16-8-6-15/h3-4,9,14,16H,2,5-8,10H2,1H3.